The van der Waals surface area contributed by atoms with Crippen LogP contribution in [0, 0.1) is 0 Å². The van der Waals surface area contributed by atoms with Crippen LogP contribution in [0.2, 0.25) is 4.34 Å². The molecule has 1 aromatic heterocycles. The molecule has 1 unspecified atom stereocenters. The molecule has 1 rings (SSSR count). The normalized spacial score (nSPS) is 12.5. The first kappa shape index (κ1) is 10.5. The lowest BCUT2D eigenvalue weighted by atomic mass is 10.1. The van der Waals surface area contributed by atoms with Gasteiger partial charge in [-0.2, -0.15) is 0 Å². The quantitative estimate of drug-likeness (QED) is 0.829. The minimum atomic E-state index is 0.0667. The molecule has 72 valence electrons. The fourth-order valence-electron chi connectivity index (χ4n) is 1.07. The van der Waals surface area contributed by atoms with Crippen LogP contribution >= 0.6 is 22.9 Å². The summed E-state index contributed by atoms with van der Waals surface area (Å²) in [7, 11) is 1.65. The van der Waals surface area contributed by atoms with Gasteiger partial charge in [0.25, 0.3) is 0 Å². The summed E-state index contributed by atoms with van der Waals surface area (Å²) in [6, 6.07) is 3.84. The Hall–Kier alpha value is -0.540. The highest BCUT2D eigenvalue weighted by atomic mass is 35.5. The van der Waals surface area contributed by atoms with Crippen LogP contribution < -0.4 is 5.32 Å². The van der Waals surface area contributed by atoms with Gasteiger partial charge in [0.15, 0.2) is 0 Å². The average molecular weight is 218 g/mol. The Bertz CT molecular complexity index is 298. The fourth-order valence-corrected chi connectivity index (χ4v) is 2.19. The largest absolute Gasteiger partial charge is 0.359 e. The second kappa shape index (κ2) is 4.63. The van der Waals surface area contributed by atoms with Gasteiger partial charge in [-0.05, 0) is 18.1 Å². The Morgan fingerprint density at radius 3 is 2.85 bits per heavy atom. The lowest BCUT2D eigenvalue weighted by Gasteiger charge is -2.06. The minimum absolute atomic E-state index is 0.0667. The van der Waals surface area contributed by atoms with Crippen molar-refractivity contribution in [2.45, 2.75) is 19.3 Å². The maximum absolute atomic E-state index is 11.1. The summed E-state index contributed by atoms with van der Waals surface area (Å²) in [6.45, 7) is 2.03. The van der Waals surface area contributed by atoms with Gasteiger partial charge >= 0.3 is 0 Å². The van der Waals surface area contributed by atoms with Crippen LogP contribution in [0.4, 0.5) is 0 Å². The van der Waals surface area contributed by atoms with Crippen molar-refractivity contribution in [1.29, 1.82) is 0 Å². The van der Waals surface area contributed by atoms with E-state index < -0.39 is 0 Å². The molecule has 0 bridgehead atoms. The molecule has 1 heterocycles. The van der Waals surface area contributed by atoms with E-state index in [1.807, 2.05) is 19.1 Å². The van der Waals surface area contributed by atoms with Gasteiger partial charge in [-0.1, -0.05) is 18.5 Å². The number of thiophene rings is 1. The van der Waals surface area contributed by atoms with E-state index in [2.05, 4.69) is 5.32 Å². The molecule has 1 aromatic rings. The van der Waals surface area contributed by atoms with E-state index >= 15 is 0 Å². The Balaban J connectivity index is 2.58. The first-order valence-electron chi connectivity index (χ1n) is 4.09. The second-order valence-electron chi connectivity index (χ2n) is 2.92. The van der Waals surface area contributed by atoms with Crippen LogP contribution in [0.3, 0.4) is 0 Å². The van der Waals surface area contributed by atoms with Crippen LogP contribution in [-0.4, -0.2) is 13.0 Å². The molecule has 1 N–H and O–H groups in total. The van der Waals surface area contributed by atoms with Crippen molar-refractivity contribution in [2.75, 3.05) is 7.05 Å². The molecule has 0 aliphatic heterocycles. The third kappa shape index (κ3) is 3.01. The molecule has 0 aromatic carbocycles. The summed E-state index contributed by atoms with van der Waals surface area (Å²) in [5, 5.41) is 2.61. The number of nitrogens with one attached hydrogen (secondary N) is 1. The Morgan fingerprint density at radius 1 is 1.69 bits per heavy atom. The van der Waals surface area contributed by atoms with Crippen molar-refractivity contribution >= 4 is 28.8 Å². The third-order valence-electron chi connectivity index (χ3n) is 1.85. The van der Waals surface area contributed by atoms with Gasteiger partial charge in [0, 0.05) is 18.3 Å². The molecular formula is C9H12ClNOS. The number of hydrogen-bond acceptors (Lipinski definition) is 2. The van der Waals surface area contributed by atoms with E-state index in [9.17, 15) is 4.79 Å². The molecule has 0 saturated carbocycles. The molecule has 0 fully saturated rings. The highest BCUT2D eigenvalue weighted by Crippen LogP contribution is 2.29. The molecule has 0 spiro atoms. The zero-order valence-corrected chi connectivity index (χ0v) is 9.21. The fraction of sp³-hybridized carbons (Fsp3) is 0.444. The summed E-state index contributed by atoms with van der Waals surface area (Å²) < 4.78 is 0.777. The topological polar surface area (TPSA) is 29.1 Å². The predicted octanol–water partition coefficient (Wildman–Crippen LogP) is 2.64. The van der Waals surface area contributed by atoms with E-state index in [4.69, 9.17) is 11.6 Å². The van der Waals surface area contributed by atoms with Crippen LogP contribution in [0.25, 0.3) is 0 Å². The van der Waals surface area contributed by atoms with E-state index in [0.717, 1.165) is 9.21 Å². The number of carbonyl (C=O) groups excluding carboxylic acids is 1. The van der Waals surface area contributed by atoms with Gasteiger partial charge in [0.05, 0.1) is 4.34 Å². The Kier molecular flexibility index (Phi) is 3.75. The zero-order chi connectivity index (χ0) is 9.84. The Labute approximate surface area is 86.9 Å². The molecule has 0 saturated heterocycles. The van der Waals surface area contributed by atoms with Crippen molar-refractivity contribution in [3.8, 4) is 0 Å². The molecule has 2 nitrogen and oxygen atoms in total. The maximum Gasteiger partial charge on any atom is 0.220 e. The number of amides is 1. The van der Waals surface area contributed by atoms with Gasteiger partial charge in [-0.25, -0.2) is 0 Å². The van der Waals surface area contributed by atoms with Gasteiger partial charge in [0.2, 0.25) is 5.91 Å². The zero-order valence-electron chi connectivity index (χ0n) is 7.63. The van der Waals surface area contributed by atoms with Crippen molar-refractivity contribution in [2.24, 2.45) is 0 Å². The van der Waals surface area contributed by atoms with Gasteiger partial charge < -0.3 is 5.32 Å². The summed E-state index contributed by atoms with van der Waals surface area (Å²) in [4.78, 5) is 12.2. The van der Waals surface area contributed by atoms with Crippen molar-refractivity contribution in [3.05, 3.63) is 21.3 Å². The monoisotopic (exact) mass is 217 g/mol. The van der Waals surface area contributed by atoms with Crippen molar-refractivity contribution < 1.29 is 4.79 Å². The predicted molar refractivity (Wildman–Crippen MR) is 56.4 cm³/mol. The second-order valence-corrected chi connectivity index (χ2v) is 4.67. The highest BCUT2D eigenvalue weighted by molar-refractivity contribution is 7.16. The molecule has 4 heteroatoms. The smallest absolute Gasteiger partial charge is 0.220 e. The SMILES string of the molecule is CNC(=O)CC(C)c1ccc(Cl)s1. The van der Waals surface area contributed by atoms with E-state index in [-0.39, 0.29) is 11.8 Å². The molecule has 1 amide bonds. The summed E-state index contributed by atoms with van der Waals surface area (Å²) in [5.74, 6) is 0.314. The van der Waals surface area contributed by atoms with Crippen LogP contribution in [0.15, 0.2) is 12.1 Å². The van der Waals surface area contributed by atoms with Gasteiger partial charge in [-0.15, -0.1) is 11.3 Å². The molecular weight excluding hydrogens is 206 g/mol. The molecule has 1 atom stereocenters. The lowest BCUT2D eigenvalue weighted by molar-refractivity contribution is -0.120. The number of rotatable bonds is 3. The lowest BCUT2D eigenvalue weighted by Crippen LogP contribution is -2.19. The average Bonchev–Trinajstić information content (AvgIpc) is 2.51. The number of carbonyl (C=O) groups is 1. The first-order valence-corrected chi connectivity index (χ1v) is 5.28. The Morgan fingerprint density at radius 2 is 2.38 bits per heavy atom. The molecule has 0 aliphatic carbocycles. The van der Waals surface area contributed by atoms with E-state index in [0.29, 0.717) is 6.42 Å². The summed E-state index contributed by atoms with van der Waals surface area (Å²) in [5.41, 5.74) is 0. The first-order chi connectivity index (χ1) is 6.13. The van der Waals surface area contributed by atoms with Gasteiger partial charge in [-0.3, -0.25) is 4.79 Å². The van der Waals surface area contributed by atoms with Crippen molar-refractivity contribution in [3.63, 3.8) is 0 Å². The van der Waals surface area contributed by atoms with E-state index in [1.165, 1.54) is 11.3 Å². The van der Waals surface area contributed by atoms with Crippen LogP contribution in [0.5, 0.6) is 0 Å². The molecule has 0 radical (unpaired) electrons. The molecule has 13 heavy (non-hydrogen) atoms. The van der Waals surface area contributed by atoms with E-state index in [1.54, 1.807) is 7.05 Å². The van der Waals surface area contributed by atoms with Crippen LogP contribution in [-0.2, 0) is 4.79 Å². The summed E-state index contributed by atoms with van der Waals surface area (Å²) in [6.07, 6.45) is 0.521. The number of halogens is 1. The number of hydrogen-bond donors (Lipinski definition) is 1. The third-order valence-corrected chi connectivity index (χ3v) is 3.31. The van der Waals surface area contributed by atoms with Crippen molar-refractivity contribution in [1.82, 2.24) is 5.32 Å². The van der Waals surface area contributed by atoms with Gasteiger partial charge in [0.1, 0.15) is 0 Å². The summed E-state index contributed by atoms with van der Waals surface area (Å²) >= 11 is 7.33. The van der Waals surface area contributed by atoms with Crippen LogP contribution in [0.1, 0.15) is 24.1 Å². The molecule has 0 aliphatic rings. The standard InChI is InChI=1S/C9H12ClNOS/c1-6(5-9(12)11-2)7-3-4-8(10)13-7/h3-4,6H,5H2,1-2H3,(H,11,12). The maximum atomic E-state index is 11.1. The highest BCUT2D eigenvalue weighted by Gasteiger charge is 2.11. The minimum Gasteiger partial charge on any atom is -0.359 e.